The van der Waals surface area contributed by atoms with E-state index in [0.29, 0.717) is 17.2 Å². The van der Waals surface area contributed by atoms with Gasteiger partial charge in [0.15, 0.2) is 0 Å². The third-order valence-electron chi connectivity index (χ3n) is 11.5. The van der Waals surface area contributed by atoms with Gasteiger partial charge in [-0.1, -0.05) is 197 Å². The summed E-state index contributed by atoms with van der Waals surface area (Å²) >= 11 is 0. The lowest BCUT2D eigenvalue weighted by Gasteiger charge is -2.23. The van der Waals surface area contributed by atoms with Crippen molar-refractivity contribution in [3.63, 3.8) is 0 Å². The Morgan fingerprint density at radius 3 is 0.703 bits per heavy atom. The number of aryl methyl sites for hydroxylation is 6. The van der Waals surface area contributed by atoms with Gasteiger partial charge in [0.1, 0.15) is 17.2 Å². The van der Waals surface area contributed by atoms with Crippen molar-refractivity contribution in [1.29, 1.82) is 0 Å². The molecule has 314 valence electrons. The van der Waals surface area contributed by atoms with E-state index < -0.39 is 8.60 Å². The fourth-order valence-corrected chi connectivity index (χ4v) is 9.32. The first kappa shape index (κ1) is 42.1. The topological polar surface area (TPSA) is 27.7 Å². The molecule has 0 amide bonds. The molecule has 0 saturated heterocycles. The minimum atomic E-state index is -2.14. The van der Waals surface area contributed by atoms with Gasteiger partial charge in [-0.2, -0.15) is 0 Å². The first-order valence-corrected chi connectivity index (χ1v) is 22.9. The maximum atomic E-state index is 7.17. The van der Waals surface area contributed by atoms with Crippen molar-refractivity contribution in [1.82, 2.24) is 0 Å². The van der Waals surface area contributed by atoms with E-state index in [9.17, 15) is 0 Å². The van der Waals surface area contributed by atoms with Gasteiger partial charge >= 0.3 is 8.60 Å². The van der Waals surface area contributed by atoms with E-state index >= 15 is 0 Å². The van der Waals surface area contributed by atoms with E-state index in [1.807, 2.05) is 0 Å². The molecule has 3 nitrogen and oxygen atoms in total. The Kier molecular flexibility index (Phi) is 12.3. The molecule has 0 aliphatic carbocycles. The van der Waals surface area contributed by atoms with Gasteiger partial charge in [0, 0.05) is 16.7 Å². The van der Waals surface area contributed by atoms with Gasteiger partial charge in [-0.05, 0) is 128 Å². The number of benzene rings is 9. The van der Waals surface area contributed by atoms with Crippen LogP contribution >= 0.6 is 8.60 Å². The molecule has 64 heavy (non-hydrogen) atoms. The summed E-state index contributed by atoms with van der Waals surface area (Å²) in [5.74, 6) is 1.99. The molecule has 0 aromatic heterocycles. The van der Waals surface area contributed by atoms with Gasteiger partial charge in [0.05, 0.1) is 0 Å². The van der Waals surface area contributed by atoms with Crippen LogP contribution in [0, 0.1) is 41.5 Å². The van der Waals surface area contributed by atoms with E-state index in [1.54, 1.807) is 0 Å². The Labute approximate surface area is 379 Å². The maximum absolute atomic E-state index is 7.17. The highest BCUT2D eigenvalue weighted by molar-refractivity contribution is 7.43. The molecule has 0 aliphatic heterocycles. The smallest absolute Gasteiger partial charge is 0.408 e. The predicted octanol–water partition coefficient (Wildman–Crippen LogP) is 17.3. The van der Waals surface area contributed by atoms with Crippen LogP contribution in [0.2, 0.25) is 0 Å². The lowest BCUT2D eigenvalue weighted by atomic mass is 9.96. The Morgan fingerprint density at radius 1 is 0.234 bits per heavy atom. The molecular weight excluding hydrogens is 800 g/mol. The summed E-state index contributed by atoms with van der Waals surface area (Å²) in [7, 11) is -2.14. The third-order valence-corrected chi connectivity index (χ3v) is 12.5. The second-order valence-corrected chi connectivity index (χ2v) is 17.8. The predicted molar refractivity (Wildman–Crippen MR) is 269 cm³/mol. The van der Waals surface area contributed by atoms with Gasteiger partial charge in [-0.25, -0.2) is 0 Å². The zero-order valence-electron chi connectivity index (χ0n) is 37.2. The van der Waals surface area contributed by atoms with Gasteiger partial charge in [-0.15, -0.1) is 0 Å². The van der Waals surface area contributed by atoms with Crippen LogP contribution in [0.5, 0.6) is 17.2 Å². The van der Waals surface area contributed by atoms with Crippen molar-refractivity contribution < 1.29 is 13.6 Å². The van der Waals surface area contributed by atoms with Crippen LogP contribution in [0.1, 0.15) is 33.4 Å². The van der Waals surface area contributed by atoms with Crippen LogP contribution in [0.3, 0.4) is 0 Å². The van der Waals surface area contributed by atoms with Crippen LogP contribution in [0.4, 0.5) is 0 Å². The molecule has 9 rings (SSSR count). The quantitative estimate of drug-likeness (QED) is 0.115. The number of rotatable bonds is 12. The second-order valence-electron chi connectivity index (χ2n) is 16.8. The Morgan fingerprint density at radius 2 is 0.453 bits per heavy atom. The summed E-state index contributed by atoms with van der Waals surface area (Å²) in [6, 6.07) is 70.7. The van der Waals surface area contributed by atoms with Crippen molar-refractivity contribution in [2.24, 2.45) is 0 Å². The largest absolute Gasteiger partial charge is 0.530 e. The van der Waals surface area contributed by atoms with E-state index in [-0.39, 0.29) is 0 Å². The van der Waals surface area contributed by atoms with Crippen LogP contribution in [-0.4, -0.2) is 0 Å². The van der Waals surface area contributed by atoms with E-state index in [0.717, 1.165) is 83.5 Å². The molecular formula is C60H51O3P. The monoisotopic (exact) mass is 850 g/mol. The van der Waals surface area contributed by atoms with Crippen molar-refractivity contribution in [3.05, 3.63) is 234 Å². The van der Waals surface area contributed by atoms with E-state index in [1.165, 1.54) is 16.7 Å². The van der Waals surface area contributed by atoms with Gasteiger partial charge in [0.25, 0.3) is 0 Å². The average Bonchev–Trinajstić information content (AvgIpc) is 3.29. The van der Waals surface area contributed by atoms with Gasteiger partial charge in [0.2, 0.25) is 0 Å². The molecule has 0 fully saturated rings. The molecule has 0 heterocycles. The normalized spacial score (nSPS) is 11.1. The zero-order valence-corrected chi connectivity index (χ0v) is 38.1. The summed E-state index contributed by atoms with van der Waals surface area (Å²) in [5, 5.41) is 0. The Balaban J connectivity index is 1.21. The maximum Gasteiger partial charge on any atom is 0.530 e. The standard InChI is InChI=1S/C60H51O3P/c1-40-13-7-19-46(31-40)49-25-28-58(55(37-49)52-22-10-16-43(4)34-52)61-64(62-59-29-26-50(47-20-8-14-41(2)32-47)38-56(59)53-23-11-17-44(5)35-53)63-60-30-27-51(48-21-9-15-42(3)33-48)39-57(60)54-24-12-18-45(6)36-54/h7-39H,1-6H3. The second kappa shape index (κ2) is 18.7. The van der Waals surface area contributed by atoms with Crippen molar-refractivity contribution in [2.75, 3.05) is 0 Å². The number of hydrogen-bond acceptors (Lipinski definition) is 3. The molecule has 0 unspecified atom stereocenters. The van der Waals surface area contributed by atoms with E-state index in [2.05, 4.69) is 242 Å². The lowest BCUT2D eigenvalue weighted by Crippen LogP contribution is -2.05. The SMILES string of the molecule is Cc1cccc(-c2ccc(OP(Oc3ccc(-c4cccc(C)c4)cc3-c3cccc(C)c3)Oc3ccc(-c4cccc(C)c4)cc3-c3cccc(C)c3)c(-c3cccc(C)c3)c2)c1. The summed E-state index contributed by atoms with van der Waals surface area (Å²) < 4.78 is 21.5. The van der Waals surface area contributed by atoms with Crippen molar-refractivity contribution in [3.8, 4) is 84.0 Å². The molecule has 9 aromatic rings. The number of hydrogen-bond donors (Lipinski definition) is 0. The highest BCUT2D eigenvalue weighted by Gasteiger charge is 2.26. The first-order valence-electron chi connectivity index (χ1n) is 21.8. The minimum Gasteiger partial charge on any atom is -0.408 e. The van der Waals surface area contributed by atoms with Crippen LogP contribution in [0.25, 0.3) is 66.8 Å². The average molecular weight is 851 g/mol. The fourth-order valence-electron chi connectivity index (χ4n) is 8.25. The molecule has 0 atom stereocenters. The highest BCUT2D eigenvalue weighted by Crippen LogP contribution is 2.50. The summed E-state index contributed by atoms with van der Waals surface area (Å²) in [6.45, 7) is 12.7. The molecule has 0 aliphatic rings. The Hall–Kier alpha value is -7.19. The molecule has 9 aromatic carbocycles. The fraction of sp³-hybridized carbons (Fsp3) is 0.100. The molecule has 0 bridgehead atoms. The van der Waals surface area contributed by atoms with Gasteiger partial charge < -0.3 is 13.6 Å². The minimum absolute atomic E-state index is 0.662. The third kappa shape index (κ3) is 9.72. The Bertz CT molecular complexity index is 2790. The summed E-state index contributed by atoms with van der Waals surface area (Å²) in [6.07, 6.45) is 0. The molecule has 0 radical (unpaired) electrons. The highest BCUT2D eigenvalue weighted by atomic mass is 31.2. The van der Waals surface area contributed by atoms with Crippen molar-refractivity contribution in [2.45, 2.75) is 41.5 Å². The van der Waals surface area contributed by atoms with Crippen LogP contribution in [0.15, 0.2) is 200 Å². The van der Waals surface area contributed by atoms with Crippen molar-refractivity contribution >= 4 is 8.60 Å². The lowest BCUT2D eigenvalue weighted by molar-refractivity contribution is 0.390. The van der Waals surface area contributed by atoms with Gasteiger partial charge in [-0.3, -0.25) is 0 Å². The molecule has 0 spiro atoms. The van der Waals surface area contributed by atoms with E-state index in [4.69, 9.17) is 13.6 Å². The first-order chi connectivity index (χ1) is 31.1. The zero-order chi connectivity index (χ0) is 44.2. The molecule has 0 N–H and O–H groups in total. The molecule has 4 heteroatoms. The summed E-state index contributed by atoms with van der Waals surface area (Å²) in [5.41, 5.74) is 19.8. The summed E-state index contributed by atoms with van der Waals surface area (Å²) in [4.78, 5) is 0. The molecule has 0 saturated carbocycles. The van der Waals surface area contributed by atoms with Crippen LogP contribution < -0.4 is 13.6 Å². The van der Waals surface area contributed by atoms with Crippen LogP contribution in [-0.2, 0) is 0 Å².